The van der Waals surface area contributed by atoms with Crippen molar-refractivity contribution in [3.8, 4) is 0 Å². The standard InChI is InChI=1S/C14H23N3O3/c1-16(2)14(19)11-4-5-13(12(15)10-11)17(6-8-18)7-9-20-3/h4-5,10,18H,6-9,15H2,1-3H3. The molecular weight excluding hydrogens is 258 g/mol. The van der Waals surface area contributed by atoms with Crippen molar-refractivity contribution in [3.63, 3.8) is 0 Å². The third-order valence-corrected chi connectivity index (χ3v) is 2.96. The lowest BCUT2D eigenvalue weighted by Crippen LogP contribution is -2.31. The van der Waals surface area contributed by atoms with Gasteiger partial charge in [-0.25, -0.2) is 0 Å². The number of methoxy groups -OCH3 is 1. The number of nitrogens with two attached hydrogens (primary N) is 1. The van der Waals surface area contributed by atoms with E-state index in [0.29, 0.717) is 30.9 Å². The number of anilines is 2. The Balaban J connectivity index is 2.97. The summed E-state index contributed by atoms with van der Waals surface area (Å²) in [5, 5.41) is 9.12. The molecule has 0 aliphatic heterocycles. The Morgan fingerprint density at radius 1 is 1.35 bits per heavy atom. The highest BCUT2D eigenvalue weighted by atomic mass is 16.5. The molecular formula is C14H23N3O3. The number of nitrogens with zero attached hydrogens (tertiary/aromatic N) is 2. The minimum atomic E-state index is -0.0890. The first-order valence-electron chi connectivity index (χ1n) is 6.47. The molecule has 0 atom stereocenters. The Hall–Kier alpha value is -1.79. The summed E-state index contributed by atoms with van der Waals surface area (Å²) in [6, 6.07) is 5.21. The molecule has 0 aliphatic rings. The van der Waals surface area contributed by atoms with Crippen LogP contribution in [0.1, 0.15) is 10.4 Å². The first-order chi connectivity index (χ1) is 9.51. The van der Waals surface area contributed by atoms with Gasteiger partial charge in [0, 0.05) is 39.9 Å². The average molecular weight is 281 g/mol. The maximum absolute atomic E-state index is 11.9. The molecule has 1 amide bonds. The Kier molecular flexibility index (Phi) is 6.27. The number of nitrogen functional groups attached to an aromatic ring is 1. The third-order valence-electron chi connectivity index (χ3n) is 2.96. The molecule has 3 N–H and O–H groups in total. The van der Waals surface area contributed by atoms with Gasteiger partial charge in [0.05, 0.1) is 24.6 Å². The van der Waals surface area contributed by atoms with Crippen LogP contribution in [-0.2, 0) is 4.74 Å². The van der Waals surface area contributed by atoms with Gasteiger partial charge in [0.2, 0.25) is 0 Å². The second-order valence-corrected chi connectivity index (χ2v) is 4.68. The van der Waals surface area contributed by atoms with Crippen LogP contribution in [-0.4, -0.2) is 63.4 Å². The van der Waals surface area contributed by atoms with Gasteiger partial charge in [0.25, 0.3) is 5.91 Å². The second-order valence-electron chi connectivity index (χ2n) is 4.68. The van der Waals surface area contributed by atoms with Crippen molar-refractivity contribution in [1.29, 1.82) is 0 Å². The average Bonchev–Trinajstić information content (AvgIpc) is 2.42. The lowest BCUT2D eigenvalue weighted by molar-refractivity contribution is 0.0827. The quantitative estimate of drug-likeness (QED) is 0.708. The molecule has 0 unspecified atom stereocenters. The van der Waals surface area contributed by atoms with E-state index < -0.39 is 0 Å². The number of aliphatic hydroxyl groups is 1. The van der Waals surface area contributed by atoms with E-state index in [4.69, 9.17) is 15.6 Å². The topological polar surface area (TPSA) is 79.0 Å². The van der Waals surface area contributed by atoms with Crippen LogP contribution in [0, 0.1) is 0 Å². The summed E-state index contributed by atoms with van der Waals surface area (Å²) in [7, 11) is 5.02. The number of benzene rings is 1. The SMILES string of the molecule is COCCN(CCO)c1ccc(C(=O)N(C)C)cc1N. The Labute approximate surface area is 119 Å². The monoisotopic (exact) mass is 281 g/mol. The van der Waals surface area contributed by atoms with Gasteiger partial charge >= 0.3 is 0 Å². The predicted molar refractivity (Wildman–Crippen MR) is 80.0 cm³/mol. The summed E-state index contributed by atoms with van der Waals surface area (Å²) in [4.78, 5) is 15.3. The van der Waals surface area contributed by atoms with Crippen molar-refractivity contribution < 1.29 is 14.6 Å². The van der Waals surface area contributed by atoms with Crippen LogP contribution in [0.3, 0.4) is 0 Å². The Bertz CT molecular complexity index is 449. The fraction of sp³-hybridized carbons (Fsp3) is 0.500. The number of amides is 1. The maximum atomic E-state index is 11.9. The molecule has 20 heavy (non-hydrogen) atoms. The molecule has 0 heterocycles. The molecule has 0 radical (unpaired) electrons. The molecule has 112 valence electrons. The summed E-state index contributed by atoms with van der Waals surface area (Å²) < 4.78 is 5.05. The van der Waals surface area contributed by atoms with Crippen LogP contribution < -0.4 is 10.6 Å². The lowest BCUT2D eigenvalue weighted by atomic mass is 10.1. The maximum Gasteiger partial charge on any atom is 0.253 e. The number of hydrogen-bond donors (Lipinski definition) is 2. The zero-order valence-corrected chi connectivity index (χ0v) is 12.3. The molecule has 6 nitrogen and oxygen atoms in total. The van der Waals surface area contributed by atoms with Gasteiger partial charge in [-0.3, -0.25) is 4.79 Å². The summed E-state index contributed by atoms with van der Waals surface area (Å²) in [5.41, 5.74) is 7.89. The minimum Gasteiger partial charge on any atom is -0.397 e. The van der Waals surface area contributed by atoms with Gasteiger partial charge in [0.15, 0.2) is 0 Å². The first-order valence-corrected chi connectivity index (χ1v) is 6.47. The number of aliphatic hydroxyl groups excluding tert-OH is 1. The van der Waals surface area contributed by atoms with E-state index in [0.717, 1.165) is 5.69 Å². The number of carbonyl (C=O) groups is 1. The van der Waals surface area contributed by atoms with E-state index in [9.17, 15) is 4.79 Å². The zero-order valence-electron chi connectivity index (χ0n) is 12.3. The zero-order chi connectivity index (χ0) is 15.1. The molecule has 0 aromatic heterocycles. The molecule has 1 aromatic rings. The minimum absolute atomic E-state index is 0.0293. The van der Waals surface area contributed by atoms with Crippen molar-refractivity contribution >= 4 is 17.3 Å². The van der Waals surface area contributed by atoms with E-state index in [1.807, 2.05) is 4.90 Å². The highest BCUT2D eigenvalue weighted by molar-refractivity contribution is 5.95. The van der Waals surface area contributed by atoms with Crippen molar-refractivity contribution in [1.82, 2.24) is 4.90 Å². The molecule has 1 rings (SSSR count). The lowest BCUT2D eigenvalue weighted by Gasteiger charge is -2.25. The Morgan fingerprint density at radius 3 is 2.55 bits per heavy atom. The van der Waals surface area contributed by atoms with Gasteiger partial charge in [-0.1, -0.05) is 0 Å². The van der Waals surface area contributed by atoms with Crippen LogP contribution in [0.15, 0.2) is 18.2 Å². The highest BCUT2D eigenvalue weighted by Crippen LogP contribution is 2.24. The molecule has 0 saturated heterocycles. The molecule has 6 heteroatoms. The van der Waals surface area contributed by atoms with Crippen molar-refractivity contribution in [2.75, 3.05) is 58.1 Å². The van der Waals surface area contributed by atoms with Crippen LogP contribution in [0.2, 0.25) is 0 Å². The van der Waals surface area contributed by atoms with Gasteiger partial charge in [0.1, 0.15) is 0 Å². The molecule has 0 spiro atoms. The first kappa shape index (κ1) is 16.3. The van der Waals surface area contributed by atoms with Crippen molar-refractivity contribution in [3.05, 3.63) is 23.8 Å². The van der Waals surface area contributed by atoms with Gasteiger partial charge in [-0.15, -0.1) is 0 Å². The van der Waals surface area contributed by atoms with E-state index in [2.05, 4.69) is 0 Å². The highest BCUT2D eigenvalue weighted by Gasteiger charge is 2.13. The molecule has 0 bridgehead atoms. The van der Waals surface area contributed by atoms with Crippen LogP contribution in [0.4, 0.5) is 11.4 Å². The smallest absolute Gasteiger partial charge is 0.253 e. The second kappa shape index (κ2) is 7.72. The van der Waals surface area contributed by atoms with Gasteiger partial charge in [-0.2, -0.15) is 0 Å². The van der Waals surface area contributed by atoms with E-state index in [-0.39, 0.29) is 12.5 Å². The summed E-state index contributed by atoms with van der Waals surface area (Å²) in [5.74, 6) is -0.0890. The van der Waals surface area contributed by atoms with E-state index in [1.54, 1.807) is 39.4 Å². The summed E-state index contributed by atoms with van der Waals surface area (Å²) >= 11 is 0. The number of rotatable bonds is 7. The number of carbonyl (C=O) groups excluding carboxylic acids is 1. The summed E-state index contributed by atoms with van der Waals surface area (Å²) in [6.45, 7) is 1.66. The third kappa shape index (κ3) is 4.11. The van der Waals surface area contributed by atoms with E-state index >= 15 is 0 Å². The number of hydrogen-bond acceptors (Lipinski definition) is 5. The Morgan fingerprint density at radius 2 is 2.05 bits per heavy atom. The predicted octanol–water partition coefficient (Wildman–Crippen LogP) is 0.416. The normalized spacial score (nSPS) is 10.4. The van der Waals surface area contributed by atoms with Crippen LogP contribution in [0.25, 0.3) is 0 Å². The van der Waals surface area contributed by atoms with Crippen LogP contribution in [0.5, 0.6) is 0 Å². The fourth-order valence-electron chi connectivity index (χ4n) is 1.91. The van der Waals surface area contributed by atoms with Crippen LogP contribution >= 0.6 is 0 Å². The van der Waals surface area contributed by atoms with Gasteiger partial charge < -0.3 is 25.4 Å². The molecule has 0 aliphatic carbocycles. The molecule has 1 aromatic carbocycles. The fourth-order valence-corrected chi connectivity index (χ4v) is 1.91. The molecule has 0 fully saturated rings. The van der Waals surface area contributed by atoms with Crippen molar-refractivity contribution in [2.45, 2.75) is 0 Å². The largest absolute Gasteiger partial charge is 0.397 e. The number of ether oxygens (including phenoxy) is 1. The molecule has 0 saturated carbocycles. The summed E-state index contributed by atoms with van der Waals surface area (Å²) in [6.07, 6.45) is 0. The van der Waals surface area contributed by atoms with E-state index in [1.165, 1.54) is 4.90 Å². The van der Waals surface area contributed by atoms with Gasteiger partial charge in [-0.05, 0) is 18.2 Å². The van der Waals surface area contributed by atoms with Crippen molar-refractivity contribution in [2.24, 2.45) is 0 Å².